The molecule has 0 aromatic heterocycles. The van der Waals surface area contributed by atoms with Crippen molar-refractivity contribution in [2.75, 3.05) is 0 Å². The molecule has 5 nitrogen and oxygen atoms in total. The molecule has 1 amide bonds. The lowest BCUT2D eigenvalue weighted by Gasteiger charge is -2.22. The van der Waals surface area contributed by atoms with E-state index in [9.17, 15) is 9.59 Å². The average molecular weight is 177 g/mol. The van der Waals surface area contributed by atoms with Crippen molar-refractivity contribution in [2.45, 2.75) is 6.04 Å². The first kappa shape index (κ1) is 7.72. The molecule has 0 saturated carbocycles. The third-order valence-corrected chi connectivity index (χ3v) is 1.86. The molecule has 0 aromatic carbocycles. The molecule has 2 aliphatic rings. The van der Waals surface area contributed by atoms with E-state index >= 15 is 0 Å². The van der Waals surface area contributed by atoms with Crippen molar-refractivity contribution in [1.82, 2.24) is 5.32 Å². The molecule has 0 bridgehead atoms. The zero-order valence-electron chi connectivity index (χ0n) is 6.65. The van der Waals surface area contributed by atoms with Crippen LogP contribution in [0.2, 0.25) is 0 Å². The van der Waals surface area contributed by atoms with Crippen molar-refractivity contribution < 1.29 is 9.59 Å². The van der Waals surface area contributed by atoms with Crippen LogP contribution in [0.15, 0.2) is 28.9 Å². The Balaban J connectivity index is 2.44. The Bertz CT molecular complexity index is 379. The number of hydrogen-bond acceptors (Lipinski definition) is 4. The normalized spacial score (nSPS) is 26.0. The molecule has 66 valence electrons. The summed E-state index contributed by atoms with van der Waals surface area (Å²) < 4.78 is 0. The highest BCUT2D eigenvalue weighted by Crippen LogP contribution is 2.14. The van der Waals surface area contributed by atoms with E-state index in [1.54, 1.807) is 12.2 Å². The summed E-state index contributed by atoms with van der Waals surface area (Å²) >= 11 is 0. The van der Waals surface area contributed by atoms with Crippen LogP contribution in [0.25, 0.3) is 0 Å². The van der Waals surface area contributed by atoms with Crippen LogP contribution in [0.1, 0.15) is 0 Å². The zero-order valence-corrected chi connectivity index (χ0v) is 6.65. The van der Waals surface area contributed by atoms with Gasteiger partial charge in [-0.2, -0.15) is 0 Å². The lowest BCUT2D eigenvalue weighted by atomic mass is 10.0. The summed E-state index contributed by atoms with van der Waals surface area (Å²) in [5.74, 6) is -0.767. The SMILES string of the molecule is NC1=NC2C(=O)C=CC=C2NC1=O. The molecule has 0 spiro atoms. The van der Waals surface area contributed by atoms with Gasteiger partial charge in [-0.25, -0.2) is 4.99 Å². The van der Waals surface area contributed by atoms with Gasteiger partial charge in [0.15, 0.2) is 17.7 Å². The Morgan fingerprint density at radius 3 is 3.00 bits per heavy atom. The number of nitrogens with one attached hydrogen (secondary N) is 1. The fraction of sp³-hybridized carbons (Fsp3) is 0.125. The summed E-state index contributed by atoms with van der Waals surface area (Å²) in [6.45, 7) is 0. The van der Waals surface area contributed by atoms with E-state index in [1.807, 2.05) is 0 Å². The van der Waals surface area contributed by atoms with Crippen molar-refractivity contribution in [3.63, 3.8) is 0 Å². The molecule has 13 heavy (non-hydrogen) atoms. The van der Waals surface area contributed by atoms with E-state index < -0.39 is 11.9 Å². The van der Waals surface area contributed by atoms with Crippen LogP contribution in [0.5, 0.6) is 0 Å². The molecule has 1 unspecified atom stereocenters. The first-order valence-electron chi connectivity index (χ1n) is 3.75. The third-order valence-electron chi connectivity index (χ3n) is 1.86. The van der Waals surface area contributed by atoms with Crippen molar-refractivity contribution in [1.29, 1.82) is 0 Å². The van der Waals surface area contributed by atoms with Gasteiger partial charge in [-0.3, -0.25) is 9.59 Å². The molecule has 5 heteroatoms. The lowest BCUT2D eigenvalue weighted by molar-refractivity contribution is -0.116. The summed E-state index contributed by atoms with van der Waals surface area (Å²) in [6, 6.07) is -0.650. The van der Waals surface area contributed by atoms with Gasteiger partial charge in [0.1, 0.15) is 0 Å². The number of carbonyl (C=O) groups excluding carboxylic acids is 2. The molecule has 1 atom stereocenters. The second kappa shape index (κ2) is 2.55. The highest BCUT2D eigenvalue weighted by Gasteiger charge is 2.29. The van der Waals surface area contributed by atoms with Gasteiger partial charge in [0, 0.05) is 0 Å². The van der Waals surface area contributed by atoms with Gasteiger partial charge in [0.2, 0.25) is 0 Å². The third kappa shape index (κ3) is 1.14. The number of carbonyl (C=O) groups is 2. The molecule has 0 saturated heterocycles. The molecule has 1 aliphatic heterocycles. The standard InChI is InChI=1S/C8H7N3O2/c9-7-8(13)10-4-2-1-3-5(12)6(4)11-7/h1-3,6H,(H2,9,11)(H,10,13). The molecule has 0 aromatic rings. The highest BCUT2D eigenvalue weighted by molar-refractivity contribution is 6.38. The highest BCUT2D eigenvalue weighted by atomic mass is 16.2. The largest absolute Gasteiger partial charge is 0.379 e. The number of amides is 1. The van der Waals surface area contributed by atoms with Crippen LogP contribution >= 0.6 is 0 Å². The maximum atomic E-state index is 11.2. The Labute approximate surface area is 74.0 Å². The van der Waals surface area contributed by atoms with Gasteiger partial charge < -0.3 is 11.1 Å². The number of nitrogens with two attached hydrogens (primary N) is 1. The van der Waals surface area contributed by atoms with Crippen molar-refractivity contribution >= 4 is 17.5 Å². The summed E-state index contributed by atoms with van der Waals surface area (Å²) in [7, 11) is 0. The second-order valence-corrected chi connectivity index (χ2v) is 2.75. The molecule has 3 N–H and O–H groups in total. The predicted octanol–water partition coefficient (Wildman–Crippen LogP) is -1.14. The molecule has 1 heterocycles. The lowest BCUT2D eigenvalue weighted by Crippen LogP contribution is -2.46. The van der Waals surface area contributed by atoms with E-state index in [4.69, 9.17) is 5.73 Å². The fourth-order valence-corrected chi connectivity index (χ4v) is 1.22. The van der Waals surface area contributed by atoms with E-state index in [2.05, 4.69) is 10.3 Å². The maximum Gasteiger partial charge on any atom is 0.290 e. The molecule has 2 rings (SSSR count). The number of ketones is 1. The molecule has 1 aliphatic carbocycles. The minimum absolute atomic E-state index is 0.147. The minimum Gasteiger partial charge on any atom is -0.379 e. The maximum absolute atomic E-state index is 11.2. The van der Waals surface area contributed by atoms with Crippen LogP contribution in [-0.2, 0) is 9.59 Å². The van der Waals surface area contributed by atoms with Gasteiger partial charge in [0.05, 0.1) is 5.70 Å². The van der Waals surface area contributed by atoms with Gasteiger partial charge >= 0.3 is 0 Å². The van der Waals surface area contributed by atoms with Crippen LogP contribution in [0.3, 0.4) is 0 Å². The first-order valence-corrected chi connectivity index (χ1v) is 3.75. The first-order chi connectivity index (χ1) is 6.18. The summed E-state index contributed by atoms with van der Waals surface area (Å²) in [5.41, 5.74) is 5.77. The zero-order chi connectivity index (χ0) is 9.42. The quantitative estimate of drug-likeness (QED) is 0.490. The monoisotopic (exact) mass is 177 g/mol. The van der Waals surface area contributed by atoms with Crippen LogP contribution in [0.4, 0.5) is 0 Å². The smallest absolute Gasteiger partial charge is 0.290 e. The number of nitrogens with zero attached hydrogens (tertiary/aromatic N) is 1. The van der Waals surface area contributed by atoms with Gasteiger partial charge in [-0.1, -0.05) is 6.08 Å². The minimum atomic E-state index is -0.650. The Morgan fingerprint density at radius 2 is 2.23 bits per heavy atom. The summed E-state index contributed by atoms with van der Waals surface area (Å²) in [5, 5.41) is 2.49. The second-order valence-electron chi connectivity index (χ2n) is 2.75. The van der Waals surface area contributed by atoms with Crippen LogP contribution in [0, 0.1) is 0 Å². The van der Waals surface area contributed by atoms with E-state index in [1.165, 1.54) is 6.08 Å². The number of rotatable bonds is 0. The van der Waals surface area contributed by atoms with Crippen LogP contribution < -0.4 is 11.1 Å². The summed E-state index contributed by atoms with van der Waals surface area (Å²) in [4.78, 5) is 26.0. The van der Waals surface area contributed by atoms with E-state index in [-0.39, 0.29) is 11.6 Å². The Hall–Kier alpha value is -1.91. The van der Waals surface area contributed by atoms with Gasteiger partial charge in [-0.15, -0.1) is 0 Å². The topological polar surface area (TPSA) is 84.5 Å². The number of fused-ring (bicyclic) bond motifs is 1. The molecule has 0 fully saturated rings. The van der Waals surface area contributed by atoms with Gasteiger partial charge in [0.25, 0.3) is 5.91 Å². The summed E-state index contributed by atoms with van der Waals surface area (Å²) in [6.07, 6.45) is 4.62. The molecule has 0 radical (unpaired) electrons. The Kier molecular flexibility index (Phi) is 1.51. The number of allylic oxidation sites excluding steroid dienone is 2. The number of hydrogen-bond donors (Lipinski definition) is 2. The fourth-order valence-electron chi connectivity index (χ4n) is 1.22. The van der Waals surface area contributed by atoms with E-state index in [0.717, 1.165) is 0 Å². The number of amidine groups is 1. The van der Waals surface area contributed by atoms with Crippen molar-refractivity contribution in [2.24, 2.45) is 10.7 Å². The van der Waals surface area contributed by atoms with Crippen molar-refractivity contribution in [3.05, 3.63) is 23.9 Å². The van der Waals surface area contributed by atoms with Crippen LogP contribution in [-0.4, -0.2) is 23.6 Å². The molecular formula is C8H7N3O2. The average Bonchev–Trinajstić information content (AvgIpc) is 2.09. The van der Waals surface area contributed by atoms with Crippen molar-refractivity contribution in [3.8, 4) is 0 Å². The van der Waals surface area contributed by atoms with Gasteiger partial charge in [-0.05, 0) is 12.2 Å². The molecular weight excluding hydrogens is 170 g/mol. The number of aliphatic imine (C=N–C) groups is 1. The predicted molar refractivity (Wildman–Crippen MR) is 45.8 cm³/mol. The van der Waals surface area contributed by atoms with E-state index in [0.29, 0.717) is 5.70 Å². The Morgan fingerprint density at radius 1 is 1.46 bits per heavy atom.